The second kappa shape index (κ2) is 6.97. The van der Waals surface area contributed by atoms with E-state index >= 15 is 0 Å². The Morgan fingerprint density at radius 1 is 0.944 bits per heavy atom. The van der Waals surface area contributed by atoms with Gasteiger partial charge < -0.3 is 0 Å². The van der Waals surface area contributed by atoms with E-state index in [0.29, 0.717) is 15.9 Å². The SMILES string of the molecule is ClCCN1CCN(Cc2ccc(Cl)c(Cl)c2)CC1. The molecule has 0 unspecified atom stereocenters. The number of halogens is 3. The summed E-state index contributed by atoms with van der Waals surface area (Å²) in [5.74, 6) is 0.715. The van der Waals surface area contributed by atoms with E-state index in [1.54, 1.807) is 0 Å². The highest BCUT2D eigenvalue weighted by atomic mass is 35.5. The first kappa shape index (κ1) is 14.4. The lowest BCUT2D eigenvalue weighted by Gasteiger charge is -2.34. The maximum absolute atomic E-state index is 6.02. The minimum atomic E-state index is 0.618. The molecule has 0 amide bonds. The molecule has 1 aromatic rings. The predicted octanol–water partition coefficient (Wildman–Crippen LogP) is 3.35. The monoisotopic (exact) mass is 306 g/mol. The average Bonchev–Trinajstić information content (AvgIpc) is 2.37. The van der Waals surface area contributed by atoms with E-state index in [-0.39, 0.29) is 0 Å². The van der Waals surface area contributed by atoms with Crippen LogP contribution in [0.25, 0.3) is 0 Å². The number of benzene rings is 1. The van der Waals surface area contributed by atoms with E-state index in [1.165, 1.54) is 5.56 Å². The molecular weight excluding hydrogens is 291 g/mol. The largest absolute Gasteiger partial charge is 0.300 e. The predicted molar refractivity (Wildman–Crippen MR) is 78.9 cm³/mol. The Balaban J connectivity index is 1.85. The smallest absolute Gasteiger partial charge is 0.0595 e. The summed E-state index contributed by atoms with van der Waals surface area (Å²) in [5, 5.41) is 1.25. The third-order valence-electron chi connectivity index (χ3n) is 3.26. The first-order chi connectivity index (χ1) is 8.69. The Bertz CT molecular complexity index is 390. The molecule has 18 heavy (non-hydrogen) atoms. The van der Waals surface area contributed by atoms with Crippen LogP contribution in [0.1, 0.15) is 5.56 Å². The highest BCUT2D eigenvalue weighted by Crippen LogP contribution is 2.23. The molecule has 0 saturated carbocycles. The van der Waals surface area contributed by atoms with Crippen molar-refractivity contribution in [1.29, 1.82) is 0 Å². The summed E-state index contributed by atoms with van der Waals surface area (Å²) in [6.07, 6.45) is 0. The van der Waals surface area contributed by atoms with Gasteiger partial charge in [0.05, 0.1) is 10.0 Å². The Kier molecular flexibility index (Phi) is 5.58. The molecule has 2 nitrogen and oxygen atoms in total. The molecule has 1 aliphatic rings. The first-order valence-electron chi connectivity index (χ1n) is 6.13. The Morgan fingerprint density at radius 3 is 2.22 bits per heavy atom. The van der Waals surface area contributed by atoms with Crippen LogP contribution in [0.15, 0.2) is 18.2 Å². The van der Waals surface area contributed by atoms with E-state index in [9.17, 15) is 0 Å². The van der Waals surface area contributed by atoms with Crippen molar-refractivity contribution in [2.45, 2.75) is 6.54 Å². The summed E-state index contributed by atoms with van der Waals surface area (Å²) in [6, 6.07) is 5.86. The number of alkyl halides is 1. The van der Waals surface area contributed by atoms with Crippen molar-refractivity contribution in [3.8, 4) is 0 Å². The van der Waals surface area contributed by atoms with Crippen molar-refractivity contribution in [2.24, 2.45) is 0 Å². The lowest BCUT2D eigenvalue weighted by molar-refractivity contribution is 0.132. The number of hydrogen-bond acceptors (Lipinski definition) is 2. The van der Waals surface area contributed by atoms with E-state index in [1.807, 2.05) is 18.2 Å². The van der Waals surface area contributed by atoms with Gasteiger partial charge in [-0.1, -0.05) is 29.3 Å². The Hall–Kier alpha value is 0.01000. The summed E-state index contributed by atoms with van der Waals surface area (Å²) >= 11 is 17.7. The number of piperazine rings is 1. The van der Waals surface area contributed by atoms with Gasteiger partial charge in [0.25, 0.3) is 0 Å². The summed E-state index contributed by atoms with van der Waals surface area (Å²) in [4.78, 5) is 4.84. The van der Waals surface area contributed by atoms with Crippen molar-refractivity contribution in [3.63, 3.8) is 0 Å². The van der Waals surface area contributed by atoms with Crippen molar-refractivity contribution in [1.82, 2.24) is 9.80 Å². The Morgan fingerprint density at radius 2 is 1.61 bits per heavy atom. The van der Waals surface area contributed by atoms with Crippen LogP contribution in [0, 0.1) is 0 Å². The molecular formula is C13H17Cl3N2. The molecule has 0 atom stereocenters. The molecule has 0 radical (unpaired) electrons. The van der Waals surface area contributed by atoms with E-state index in [2.05, 4.69) is 9.80 Å². The Labute approximate surface area is 123 Å². The van der Waals surface area contributed by atoms with Gasteiger partial charge in [-0.3, -0.25) is 9.80 Å². The fourth-order valence-corrected chi connectivity index (χ4v) is 2.75. The van der Waals surface area contributed by atoms with Crippen molar-refractivity contribution >= 4 is 34.8 Å². The van der Waals surface area contributed by atoms with Gasteiger partial charge in [-0.25, -0.2) is 0 Å². The highest BCUT2D eigenvalue weighted by Gasteiger charge is 2.16. The molecule has 1 fully saturated rings. The van der Waals surface area contributed by atoms with Crippen LogP contribution in [0.4, 0.5) is 0 Å². The summed E-state index contributed by atoms with van der Waals surface area (Å²) in [6.45, 7) is 6.27. The van der Waals surface area contributed by atoms with E-state index in [0.717, 1.165) is 39.3 Å². The molecule has 0 aliphatic carbocycles. The second-order valence-corrected chi connectivity index (χ2v) is 5.75. The van der Waals surface area contributed by atoms with Gasteiger partial charge in [0.2, 0.25) is 0 Å². The zero-order chi connectivity index (χ0) is 13.0. The molecule has 1 aromatic carbocycles. The van der Waals surface area contributed by atoms with Gasteiger partial charge >= 0.3 is 0 Å². The summed E-state index contributed by atoms with van der Waals surface area (Å²) in [5.41, 5.74) is 1.22. The lowest BCUT2D eigenvalue weighted by Crippen LogP contribution is -2.46. The van der Waals surface area contributed by atoms with Gasteiger partial charge in [-0.05, 0) is 17.7 Å². The fraction of sp³-hybridized carbons (Fsp3) is 0.538. The van der Waals surface area contributed by atoms with Gasteiger partial charge in [-0.15, -0.1) is 11.6 Å². The maximum atomic E-state index is 6.02. The van der Waals surface area contributed by atoms with Crippen LogP contribution in [-0.2, 0) is 6.54 Å². The minimum absolute atomic E-state index is 0.618. The van der Waals surface area contributed by atoms with Crippen LogP contribution < -0.4 is 0 Å². The summed E-state index contributed by atoms with van der Waals surface area (Å²) < 4.78 is 0. The van der Waals surface area contributed by atoms with Crippen LogP contribution >= 0.6 is 34.8 Å². The standard InChI is InChI=1S/C13H17Cl3N2/c14-3-4-17-5-7-18(8-6-17)10-11-1-2-12(15)13(16)9-11/h1-2,9H,3-8,10H2. The van der Waals surface area contributed by atoms with Crippen LogP contribution in [0.5, 0.6) is 0 Å². The van der Waals surface area contributed by atoms with Crippen LogP contribution in [-0.4, -0.2) is 48.4 Å². The third-order valence-corrected chi connectivity index (χ3v) is 4.16. The van der Waals surface area contributed by atoms with E-state index < -0.39 is 0 Å². The maximum Gasteiger partial charge on any atom is 0.0595 e. The summed E-state index contributed by atoms with van der Waals surface area (Å²) in [7, 11) is 0. The molecule has 0 aromatic heterocycles. The zero-order valence-corrected chi connectivity index (χ0v) is 12.5. The van der Waals surface area contributed by atoms with Crippen molar-refractivity contribution in [3.05, 3.63) is 33.8 Å². The molecule has 1 saturated heterocycles. The molecule has 100 valence electrons. The third kappa shape index (κ3) is 4.01. The van der Waals surface area contributed by atoms with Gasteiger partial charge in [0, 0.05) is 45.1 Å². The molecule has 1 heterocycles. The van der Waals surface area contributed by atoms with Crippen LogP contribution in [0.2, 0.25) is 10.0 Å². The fourth-order valence-electron chi connectivity index (χ4n) is 2.19. The number of hydrogen-bond donors (Lipinski definition) is 0. The minimum Gasteiger partial charge on any atom is -0.300 e. The zero-order valence-electron chi connectivity index (χ0n) is 10.2. The first-order valence-corrected chi connectivity index (χ1v) is 7.42. The van der Waals surface area contributed by atoms with Gasteiger partial charge in [0.15, 0.2) is 0 Å². The van der Waals surface area contributed by atoms with Crippen LogP contribution in [0.3, 0.4) is 0 Å². The molecule has 2 rings (SSSR count). The average molecular weight is 308 g/mol. The topological polar surface area (TPSA) is 6.48 Å². The number of rotatable bonds is 4. The molecule has 0 N–H and O–H groups in total. The van der Waals surface area contributed by atoms with Crippen molar-refractivity contribution < 1.29 is 0 Å². The highest BCUT2D eigenvalue weighted by molar-refractivity contribution is 6.42. The molecule has 1 aliphatic heterocycles. The molecule has 5 heteroatoms. The van der Waals surface area contributed by atoms with Gasteiger partial charge in [0.1, 0.15) is 0 Å². The molecule has 0 bridgehead atoms. The lowest BCUT2D eigenvalue weighted by atomic mass is 10.2. The van der Waals surface area contributed by atoms with Crippen molar-refractivity contribution in [2.75, 3.05) is 38.6 Å². The second-order valence-electron chi connectivity index (χ2n) is 4.56. The normalized spacial score (nSPS) is 18.2. The molecule has 0 spiro atoms. The quantitative estimate of drug-likeness (QED) is 0.787. The van der Waals surface area contributed by atoms with E-state index in [4.69, 9.17) is 34.8 Å². The van der Waals surface area contributed by atoms with Gasteiger partial charge in [-0.2, -0.15) is 0 Å². The number of nitrogens with zero attached hydrogens (tertiary/aromatic N) is 2.